The van der Waals surface area contributed by atoms with Crippen molar-refractivity contribution >= 4 is 9.04 Å². The van der Waals surface area contributed by atoms with Crippen LogP contribution in [0.4, 0.5) is 0 Å². The molecule has 0 aromatic heterocycles. The quantitative estimate of drug-likeness (QED) is 0.702. The maximum Gasteiger partial charge on any atom is 0.172 e. The topological polar surface area (TPSA) is 20.2 Å². The Hall–Kier alpha value is -0.603. The van der Waals surface area contributed by atoms with Gasteiger partial charge in [-0.2, -0.15) is 0 Å². The summed E-state index contributed by atoms with van der Waals surface area (Å²) >= 11 is 0. The van der Waals surface area contributed by atoms with Gasteiger partial charge < -0.3 is 4.80 Å². The third kappa shape index (κ3) is 3.20. The van der Waals surface area contributed by atoms with Crippen molar-refractivity contribution in [1.29, 1.82) is 0 Å². The average Bonchev–Trinajstić information content (AvgIpc) is 2.16. The van der Waals surface area contributed by atoms with E-state index in [9.17, 15) is 4.80 Å². The van der Waals surface area contributed by atoms with Crippen LogP contribution < -0.4 is 0 Å². The Morgan fingerprint density at radius 3 is 2.50 bits per heavy atom. The Labute approximate surface area is 75.8 Å². The fraction of sp³-hybridized carbons (Fsp3) is 0.400. The zero-order valence-corrected chi connectivity index (χ0v) is 8.69. The van der Waals surface area contributed by atoms with Crippen LogP contribution >= 0.6 is 0 Å². The molecule has 0 saturated heterocycles. The summed E-state index contributed by atoms with van der Waals surface area (Å²) in [5, 5.41) is 0. The lowest BCUT2D eigenvalue weighted by Crippen LogP contribution is -2.10. The first-order valence-corrected chi connectivity index (χ1v) is 6.70. The zero-order chi connectivity index (χ0) is 8.81. The number of rotatable bonds is 4. The standard InChI is InChI=1S/C10H16OSi/c1-2-12(11)9-8-10-6-4-3-5-7-10/h3-7,11-12H,2,8-9H2,1H3. The zero-order valence-electron chi connectivity index (χ0n) is 7.53. The minimum Gasteiger partial charge on any atom is -0.435 e. The van der Waals surface area contributed by atoms with Crippen LogP contribution in [-0.2, 0) is 6.42 Å². The average molecular weight is 180 g/mol. The molecule has 0 amide bonds. The molecule has 1 unspecified atom stereocenters. The van der Waals surface area contributed by atoms with Gasteiger partial charge in [0.1, 0.15) is 0 Å². The van der Waals surface area contributed by atoms with E-state index in [0.29, 0.717) is 0 Å². The predicted octanol–water partition coefficient (Wildman–Crippen LogP) is 1.97. The second-order valence-corrected chi connectivity index (χ2v) is 5.79. The van der Waals surface area contributed by atoms with Gasteiger partial charge in [0.05, 0.1) is 0 Å². The van der Waals surface area contributed by atoms with Gasteiger partial charge in [-0.25, -0.2) is 0 Å². The van der Waals surface area contributed by atoms with Crippen molar-refractivity contribution in [2.75, 3.05) is 0 Å². The lowest BCUT2D eigenvalue weighted by atomic mass is 10.2. The highest BCUT2D eigenvalue weighted by Crippen LogP contribution is 2.05. The van der Waals surface area contributed by atoms with Gasteiger partial charge in [0.25, 0.3) is 0 Å². The first kappa shape index (κ1) is 9.48. The van der Waals surface area contributed by atoms with E-state index in [2.05, 4.69) is 31.2 Å². The molecule has 1 aromatic rings. The van der Waals surface area contributed by atoms with E-state index in [1.807, 2.05) is 6.07 Å². The van der Waals surface area contributed by atoms with Crippen LogP contribution in [-0.4, -0.2) is 13.8 Å². The van der Waals surface area contributed by atoms with E-state index in [0.717, 1.165) is 18.5 Å². The van der Waals surface area contributed by atoms with Gasteiger partial charge in [0.2, 0.25) is 0 Å². The lowest BCUT2D eigenvalue weighted by molar-refractivity contribution is 0.567. The minimum atomic E-state index is -1.35. The molecule has 1 nitrogen and oxygen atoms in total. The van der Waals surface area contributed by atoms with Crippen LogP contribution in [0.3, 0.4) is 0 Å². The molecule has 1 aromatic carbocycles. The van der Waals surface area contributed by atoms with Crippen molar-refractivity contribution in [2.24, 2.45) is 0 Å². The Morgan fingerprint density at radius 2 is 1.92 bits per heavy atom. The highest BCUT2D eigenvalue weighted by molar-refractivity contribution is 6.50. The summed E-state index contributed by atoms with van der Waals surface area (Å²) < 4.78 is 0. The molecule has 0 aliphatic heterocycles. The summed E-state index contributed by atoms with van der Waals surface area (Å²) in [5.41, 5.74) is 1.34. The van der Waals surface area contributed by atoms with E-state index in [-0.39, 0.29) is 0 Å². The van der Waals surface area contributed by atoms with E-state index in [1.165, 1.54) is 5.56 Å². The van der Waals surface area contributed by atoms with Gasteiger partial charge in [-0.05, 0) is 24.1 Å². The Balaban J connectivity index is 2.33. The maximum absolute atomic E-state index is 9.46. The molecule has 0 saturated carbocycles. The van der Waals surface area contributed by atoms with Crippen molar-refractivity contribution in [1.82, 2.24) is 0 Å². The first-order chi connectivity index (χ1) is 5.83. The fourth-order valence-corrected chi connectivity index (χ4v) is 2.26. The normalized spacial score (nSPS) is 12.8. The largest absolute Gasteiger partial charge is 0.435 e. The highest BCUT2D eigenvalue weighted by Gasteiger charge is 2.02. The third-order valence-electron chi connectivity index (χ3n) is 2.08. The van der Waals surface area contributed by atoms with Crippen molar-refractivity contribution in [2.45, 2.75) is 25.4 Å². The molecule has 1 rings (SSSR count). The van der Waals surface area contributed by atoms with Crippen molar-refractivity contribution in [3.8, 4) is 0 Å². The number of hydrogen-bond acceptors (Lipinski definition) is 1. The van der Waals surface area contributed by atoms with Gasteiger partial charge in [-0.3, -0.25) is 0 Å². The molecular weight excluding hydrogens is 164 g/mol. The van der Waals surface area contributed by atoms with Crippen LogP contribution in [0.5, 0.6) is 0 Å². The first-order valence-electron chi connectivity index (χ1n) is 4.55. The third-order valence-corrected chi connectivity index (χ3v) is 3.98. The monoisotopic (exact) mass is 180 g/mol. The summed E-state index contributed by atoms with van der Waals surface area (Å²) in [5.74, 6) is 0. The molecule has 0 aliphatic carbocycles. The molecule has 0 radical (unpaired) electrons. The molecular formula is C10H16OSi. The van der Waals surface area contributed by atoms with Crippen LogP contribution in [0.25, 0.3) is 0 Å². The second kappa shape index (κ2) is 5.12. The van der Waals surface area contributed by atoms with Crippen molar-refractivity contribution in [3.63, 3.8) is 0 Å². The number of benzene rings is 1. The lowest BCUT2D eigenvalue weighted by Gasteiger charge is -2.04. The van der Waals surface area contributed by atoms with Crippen LogP contribution in [0, 0.1) is 0 Å². The van der Waals surface area contributed by atoms with E-state index >= 15 is 0 Å². The van der Waals surface area contributed by atoms with E-state index in [1.54, 1.807) is 0 Å². The number of hydrogen-bond donors (Lipinski definition) is 1. The highest BCUT2D eigenvalue weighted by atomic mass is 28.3. The summed E-state index contributed by atoms with van der Waals surface area (Å²) in [6.07, 6.45) is 1.04. The van der Waals surface area contributed by atoms with Gasteiger partial charge in [-0.15, -0.1) is 0 Å². The summed E-state index contributed by atoms with van der Waals surface area (Å²) in [4.78, 5) is 9.46. The maximum atomic E-state index is 9.46. The molecule has 0 fully saturated rings. The fourth-order valence-electron chi connectivity index (χ4n) is 1.18. The minimum absolute atomic E-state index is 0.993. The molecule has 0 spiro atoms. The second-order valence-electron chi connectivity index (χ2n) is 3.09. The smallest absolute Gasteiger partial charge is 0.172 e. The van der Waals surface area contributed by atoms with Crippen LogP contribution in [0.2, 0.25) is 12.1 Å². The molecule has 2 heteroatoms. The van der Waals surface area contributed by atoms with Crippen molar-refractivity contribution in [3.05, 3.63) is 35.9 Å². The Kier molecular flexibility index (Phi) is 4.04. The Bertz CT molecular complexity index is 210. The van der Waals surface area contributed by atoms with Gasteiger partial charge in [-0.1, -0.05) is 37.3 Å². The van der Waals surface area contributed by atoms with Crippen LogP contribution in [0.15, 0.2) is 30.3 Å². The summed E-state index contributed by atoms with van der Waals surface area (Å²) in [6.45, 7) is 2.07. The van der Waals surface area contributed by atoms with Crippen molar-refractivity contribution < 1.29 is 4.80 Å². The molecule has 1 atom stereocenters. The van der Waals surface area contributed by atoms with Gasteiger partial charge >= 0.3 is 0 Å². The van der Waals surface area contributed by atoms with Gasteiger partial charge in [0, 0.05) is 0 Å². The van der Waals surface area contributed by atoms with E-state index < -0.39 is 9.04 Å². The molecule has 0 aliphatic rings. The summed E-state index contributed by atoms with van der Waals surface area (Å²) in [7, 11) is -1.35. The molecule has 66 valence electrons. The molecule has 12 heavy (non-hydrogen) atoms. The van der Waals surface area contributed by atoms with Crippen LogP contribution in [0.1, 0.15) is 12.5 Å². The summed E-state index contributed by atoms with van der Waals surface area (Å²) in [6, 6.07) is 12.4. The van der Waals surface area contributed by atoms with Gasteiger partial charge in [0.15, 0.2) is 9.04 Å². The molecule has 0 heterocycles. The molecule has 1 N–H and O–H groups in total. The SMILES string of the molecule is CC[SiH](O)CCc1ccccc1. The molecule has 0 bridgehead atoms. The van der Waals surface area contributed by atoms with E-state index in [4.69, 9.17) is 0 Å². The predicted molar refractivity (Wildman–Crippen MR) is 54.8 cm³/mol. The Morgan fingerprint density at radius 1 is 1.25 bits per heavy atom. The number of aryl methyl sites for hydroxylation is 1.